The Balaban J connectivity index is 1.23. The van der Waals surface area contributed by atoms with Gasteiger partial charge in [-0.1, -0.05) is 242 Å². The normalized spacial score (nSPS) is 14.3. The molecule has 16 rings (SSSR count). The number of hydrogen-bond donors (Lipinski definition) is 0. The summed E-state index contributed by atoms with van der Waals surface area (Å²) in [5, 5.41) is 18.4. The van der Waals surface area contributed by atoms with Gasteiger partial charge >= 0.3 is 0 Å². The third-order valence-electron chi connectivity index (χ3n) is 15.2. The third-order valence-corrected chi connectivity index (χ3v) is 17.8. The van der Waals surface area contributed by atoms with E-state index in [-0.39, 0.29) is 33.6 Å². The Hall–Kier alpha value is -10.3. The van der Waals surface area contributed by atoms with Gasteiger partial charge < -0.3 is 9.13 Å². The molecule has 80 heavy (non-hydrogen) atoms. The zero-order chi connectivity index (χ0) is 66.1. The molecular formula is C74H42N4S2. The molecule has 0 aliphatic carbocycles. The van der Waals surface area contributed by atoms with Crippen LogP contribution in [-0.4, -0.2) is 9.13 Å². The van der Waals surface area contributed by atoms with Crippen LogP contribution in [0.3, 0.4) is 0 Å². The van der Waals surface area contributed by atoms with Crippen molar-refractivity contribution in [2.45, 2.75) is 0 Å². The summed E-state index contributed by atoms with van der Waals surface area (Å²) < 4.78 is 147. The molecule has 0 unspecified atom stereocenters. The molecule has 0 fully saturated rings. The van der Waals surface area contributed by atoms with Gasteiger partial charge in [-0.2, -0.15) is 5.26 Å². The molecule has 12 aromatic carbocycles. The standard InChI is InChI=1S/C74H42N4S2/c1-76-66-64(48-27-13-5-14-28-48)61(44-75)67(65(49-29-15-6-16-30-49)70(66)77-62-36-18-17-31-53(62)54-38-37-50(43-63(54)77)45-21-7-2-8-22-45)78-68-55(39-41-59-57-34-19-32-51(71(57)79-73(59)68)46-23-9-3-10-24-46)56-40-42-60-58-35-20-33-52(47-25-11-4-12-26-47)72(58)80-74(60)69(56)78/h2-43H/i2D,5D,6D,7D,8D,13D,14D,15D,16D,21D,22D,27D,28D,29D,30D. The monoisotopic (exact) mass is 1070 g/mol. The number of aromatic nitrogens is 2. The Bertz CT molecular complexity index is 6000. The van der Waals surface area contributed by atoms with E-state index in [0.717, 1.165) is 53.2 Å². The van der Waals surface area contributed by atoms with E-state index < -0.39 is 119 Å². The molecule has 0 atom stereocenters. The second-order valence-corrected chi connectivity index (χ2v) is 21.3. The van der Waals surface area contributed by atoms with E-state index in [1.165, 1.54) is 22.7 Å². The van der Waals surface area contributed by atoms with Gasteiger partial charge in [0.1, 0.15) is 6.07 Å². The predicted molar refractivity (Wildman–Crippen MR) is 339 cm³/mol. The summed E-state index contributed by atoms with van der Waals surface area (Å²) in [5.74, 6) is 0. The average Bonchev–Trinajstić information content (AvgIpc) is 1.58. The number of nitrogens with zero attached hydrogens (tertiary/aromatic N) is 4. The van der Waals surface area contributed by atoms with Crippen LogP contribution in [0.2, 0.25) is 0 Å². The first kappa shape index (κ1) is 33.1. The Morgan fingerprint density at radius 3 is 1.40 bits per heavy atom. The molecule has 370 valence electrons. The lowest BCUT2D eigenvalue weighted by Gasteiger charge is -2.26. The van der Waals surface area contributed by atoms with Crippen LogP contribution in [0, 0.1) is 17.9 Å². The first-order chi connectivity index (χ1) is 45.9. The molecule has 4 nitrogen and oxygen atoms in total. The Morgan fingerprint density at radius 1 is 0.388 bits per heavy atom. The van der Waals surface area contributed by atoms with Crippen LogP contribution in [0.4, 0.5) is 5.69 Å². The fourth-order valence-corrected chi connectivity index (χ4v) is 14.7. The van der Waals surface area contributed by atoms with Crippen LogP contribution in [0.5, 0.6) is 0 Å². The number of fused-ring (bicyclic) bond motifs is 14. The van der Waals surface area contributed by atoms with E-state index in [1.54, 1.807) is 47.0 Å². The van der Waals surface area contributed by atoms with Gasteiger partial charge in [0.2, 0.25) is 5.69 Å². The van der Waals surface area contributed by atoms with E-state index in [1.807, 2.05) is 114 Å². The molecule has 0 aliphatic heterocycles. The van der Waals surface area contributed by atoms with Crippen LogP contribution >= 0.6 is 22.7 Å². The number of benzene rings is 12. The SMILES string of the molecule is [2H]c1c([2H])c([2H])c(-c2ccc3c4ccccc4n(-c4c([N+]#[C-])c(-c5c([2H])c([2H])c([2H])c([2H])c5[2H])c(C#N)c(-n5c6c(ccc7c8cccc(-c9ccccc9)c8sc76)c6ccc7c8cccc(-c9ccccc9)c8sc7c65)c4-c4c([2H])c([2H])c([2H])c([2H])c4[2H])c3c2)c([2H])c1[2H]. The Labute approximate surface area is 489 Å². The highest BCUT2D eigenvalue weighted by molar-refractivity contribution is 7.28. The zero-order valence-corrected chi connectivity index (χ0v) is 43.3. The second-order valence-electron chi connectivity index (χ2n) is 19.3. The number of rotatable bonds is 7. The molecule has 0 spiro atoms. The van der Waals surface area contributed by atoms with Crippen molar-refractivity contribution in [2.24, 2.45) is 0 Å². The van der Waals surface area contributed by atoms with Gasteiger partial charge in [0.25, 0.3) is 0 Å². The maximum absolute atomic E-state index is 12.7. The molecule has 16 aromatic rings. The molecular weight excluding hydrogens is 1010 g/mol. The van der Waals surface area contributed by atoms with Gasteiger partial charge in [0.15, 0.2) is 0 Å². The molecule has 0 radical (unpaired) electrons. The van der Waals surface area contributed by atoms with Crippen molar-refractivity contribution in [2.75, 3.05) is 0 Å². The first-order valence-electron chi connectivity index (χ1n) is 33.0. The van der Waals surface area contributed by atoms with Gasteiger partial charge in [0.05, 0.1) is 75.5 Å². The minimum Gasteiger partial charge on any atom is -0.318 e. The quantitative estimate of drug-likeness (QED) is 0.147. The summed E-state index contributed by atoms with van der Waals surface area (Å²) in [6, 6.07) is 44.1. The van der Waals surface area contributed by atoms with Gasteiger partial charge in [-0.15, -0.1) is 22.7 Å². The van der Waals surface area contributed by atoms with Crippen molar-refractivity contribution in [3.8, 4) is 73.1 Å². The van der Waals surface area contributed by atoms with Gasteiger partial charge in [0, 0.05) is 63.6 Å². The summed E-state index contributed by atoms with van der Waals surface area (Å²) in [6.45, 7) is 9.61. The maximum Gasteiger partial charge on any atom is 0.220 e. The van der Waals surface area contributed by atoms with Crippen molar-refractivity contribution in [1.29, 1.82) is 5.26 Å². The van der Waals surface area contributed by atoms with Crippen LogP contribution in [-0.2, 0) is 0 Å². The van der Waals surface area contributed by atoms with Gasteiger partial charge in [-0.3, -0.25) is 0 Å². The molecule has 4 aromatic heterocycles. The smallest absolute Gasteiger partial charge is 0.220 e. The van der Waals surface area contributed by atoms with Crippen LogP contribution in [0.15, 0.2) is 254 Å². The number of hydrogen-bond acceptors (Lipinski definition) is 3. The molecule has 0 N–H and O–H groups in total. The van der Waals surface area contributed by atoms with E-state index in [4.69, 9.17) is 6.85 Å². The highest BCUT2D eigenvalue weighted by Gasteiger charge is 2.33. The lowest BCUT2D eigenvalue weighted by Crippen LogP contribution is -2.09. The molecule has 0 bridgehead atoms. The van der Waals surface area contributed by atoms with Crippen molar-refractivity contribution in [3.05, 3.63) is 271 Å². The molecule has 0 saturated heterocycles. The number of thiophene rings is 2. The lowest BCUT2D eigenvalue weighted by molar-refractivity contribution is 1.14. The molecule has 0 aliphatic rings. The average molecular weight is 1070 g/mol. The summed E-state index contributed by atoms with van der Waals surface area (Å²) in [6.07, 6.45) is 0. The topological polar surface area (TPSA) is 38.0 Å². The third kappa shape index (κ3) is 6.71. The van der Waals surface area contributed by atoms with Gasteiger partial charge in [-0.25, -0.2) is 4.85 Å². The van der Waals surface area contributed by atoms with Crippen molar-refractivity contribution >= 4 is 112 Å². The minimum atomic E-state index is -0.780. The largest absolute Gasteiger partial charge is 0.318 e. The Kier molecular flexibility index (Phi) is 7.49. The lowest BCUT2D eigenvalue weighted by atomic mass is 9.88. The Morgan fingerprint density at radius 2 is 0.850 bits per heavy atom. The first-order valence-corrected chi connectivity index (χ1v) is 27.2. The molecule has 0 saturated carbocycles. The van der Waals surface area contributed by atoms with E-state index in [9.17, 15) is 25.5 Å². The van der Waals surface area contributed by atoms with Crippen LogP contribution in [0.1, 0.15) is 26.1 Å². The highest BCUT2D eigenvalue weighted by atomic mass is 32.1. The van der Waals surface area contributed by atoms with E-state index in [0.29, 0.717) is 47.5 Å². The van der Waals surface area contributed by atoms with Gasteiger partial charge in [-0.05, 0) is 56.6 Å². The van der Waals surface area contributed by atoms with Crippen molar-refractivity contribution < 1.29 is 20.6 Å². The fourth-order valence-electron chi connectivity index (χ4n) is 12.0. The molecule has 6 heteroatoms. The second kappa shape index (κ2) is 18.1. The summed E-state index contributed by atoms with van der Waals surface area (Å²) in [5.41, 5.74) is 2.25. The highest BCUT2D eigenvalue weighted by Crippen LogP contribution is 2.55. The predicted octanol–water partition coefficient (Wildman–Crippen LogP) is 21.4. The van der Waals surface area contributed by atoms with Crippen molar-refractivity contribution in [1.82, 2.24) is 9.13 Å². The maximum atomic E-state index is 12.7. The molecule has 4 heterocycles. The van der Waals surface area contributed by atoms with Crippen LogP contribution < -0.4 is 0 Å². The number of nitriles is 1. The summed E-state index contributed by atoms with van der Waals surface area (Å²) >= 11 is 2.98. The van der Waals surface area contributed by atoms with Crippen LogP contribution in [0.25, 0.3) is 156 Å². The zero-order valence-electron chi connectivity index (χ0n) is 56.7. The summed E-state index contributed by atoms with van der Waals surface area (Å²) in [7, 11) is 0. The number of para-hydroxylation sites is 1. The fraction of sp³-hybridized carbons (Fsp3) is 0. The summed E-state index contributed by atoms with van der Waals surface area (Å²) in [4.78, 5) is 4.27. The minimum absolute atomic E-state index is 0.137. The van der Waals surface area contributed by atoms with E-state index in [2.05, 4.69) is 23.0 Å². The van der Waals surface area contributed by atoms with E-state index >= 15 is 0 Å². The van der Waals surface area contributed by atoms with Crippen molar-refractivity contribution in [3.63, 3.8) is 0 Å². The molecule has 0 amide bonds.